The smallest absolute Gasteiger partial charge is 0.150 e. The van der Waals surface area contributed by atoms with Gasteiger partial charge in [0, 0.05) is 39.3 Å². The van der Waals surface area contributed by atoms with E-state index in [9.17, 15) is 0 Å². The summed E-state index contributed by atoms with van der Waals surface area (Å²) in [6.45, 7) is 4.38. The fourth-order valence-electron chi connectivity index (χ4n) is 3.01. The van der Waals surface area contributed by atoms with Gasteiger partial charge in [0.1, 0.15) is 24.7 Å². The summed E-state index contributed by atoms with van der Waals surface area (Å²) in [5.41, 5.74) is 3.73. The van der Waals surface area contributed by atoms with Gasteiger partial charge >= 0.3 is 0 Å². The van der Waals surface area contributed by atoms with Crippen molar-refractivity contribution in [2.24, 2.45) is 10.2 Å². The van der Waals surface area contributed by atoms with E-state index in [1.807, 2.05) is 115 Å². The summed E-state index contributed by atoms with van der Waals surface area (Å²) in [6, 6.07) is 15.6. The van der Waals surface area contributed by atoms with Crippen LogP contribution in [0.15, 0.2) is 70.9 Å². The van der Waals surface area contributed by atoms with Crippen molar-refractivity contribution in [3.63, 3.8) is 0 Å². The van der Waals surface area contributed by atoms with Crippen molar-refractivity contribution in [1.82, 2.24) is 10.0 Å². The first-order chi connectivity index (χ1) is 17.3. The van der Waals surface area contributed by atoms with Gasteiger partial charge in [-0.25, -0.2) is 0 Å². The van der Waals surface area contributed by atoms with E-state index in [2.05, 4.69) is 33.9 Å². The predicted molar refractivity (Wildman–Crippen MR) is 151 cm³/mol. The second-order valence-electron chi connectivity index (χ2n) is 8.10. The molecule has 0 aliphatic heterocycles. The zero-order valence-corrected chi connectivity index (χ0v) is 21.9. The van der Waals surface area contributed by atoms with Crippen LogP contribution in [0.2, 0.25) is 0 Å². The van der Waals surface area contributed by atoms with E-state index in [0.717, 1.165) is 34.0 Å². The number of nitrogens with zero attached hydrogens (tertiary/aromatic N) is 4. The van der Waals surface area contributed by atoms with Gasteiger partial charge in [-0.15, -0.1) is 0 Å². The third-order valence-corrected chi connectivity index (χ3v) is 4.40. The van der Waals surface area contributed by atoms with Crippen LogP contribution in [-0.4, -0.2) is 62.8 Å². The first kappa shape index (κ1) is 27.8. The highest BCUT2D eigenvalue weighted by Gasteiger charge is 2.00. The highest BCUT2D eigenvalue weighted by Crippen LogP contribution is 2.20. The molecule has 0 unspecified atom stereocenters. The van der Waals surface area contributed by atoms with Crippen LogP contribution in [0.3, 0.4) is 0 Å². The normalized spacial score (nSPS) is 11.5. The summed E-state index contributed by atoms with van der Waals surface area (Å²) < 4.78 is 11.6. The van der Waals surface area contributed by atoms with E-state index in [0.29, 0.717) is 0 Å². The lowest BCUT2D eigenvalue weighted by atomic mass is 10.1. The van der Waals surface area contributed by atoms with Gasteiger partial charge in [-0.3, -0.25) is 0 Å². The molecule has 0 heterocycles. The second kappa shape index (κ2) is 15.5. The Labute approximate surface area is 215 Å². The molecule has 0 aliphatic rings. The number of hydrogen-bond donors (Lipinski definition) is 0. The Bertz CT molecular complexity index is 1140. The van der Waals surface area contributed by atoms with Gasteiger partial charge in [0.05, 0.1) is 11.4 Å². The van der Waals surface area contributed by atoms with Gasteiger partial charge in [0.2, 0.25) is 0 Å². The molecule has 0 spiro atoms. The van der Waals surface area contributed by atoms with Gasteiger partial charge in [-0.2, -0.15) is 10.2 Å². The van der Waals surface area contributed by atoms with E-state index in [1.165, 1.54) is 0 Å². The van der Waals surface area contributed by atoms with Crippen molar-refractivity contribution in [3.05, 3.63) is 71.8 Å². The summed E-state index contributed by atoms with van der Waals surface area (Å²) in [5.74, 6) is 13.0. The molecule has 2 aromatic rings. The van der Waals surface area contributed by atoms with Gasteiger partial charge < -0.3 is 19.5 Å². The van der Waals surface area contributed by atoms with Crippen molar-refractivity contribution in [3.8, 4) is 35.2 Å². The molecule has 6 heteroatoms. The average Bonchev–Trinajstić information content (AvgIpc) is 2.83. The highest BCUT2D eigenvalue weighted by atomic mass is 16.5. The quantitative estimate of drug-likeness (QED) is 0.270. The maximum absolute atomic E-state index is 5.82. The van der Waals surface area contributed by atoms with Crippen molar-refractivity contribution in [1.29, 1.82) is 0 Å². The molecule has 0 fully saturated rings. The maximum atomic E-state index is 5.82. The lowest BCUT2D eigenvalue weighted by molar-refractivity contribution is 0.369. The first-order valence-corrected chi connectivity index (χ1v) is 11.6. The number of allylic oxidation sites excluding steroid dienone is 2. The van der Waals surface area contributed by atoms with Crippen LogP contribution in [0.1, 0.15) is 25.0 Å². The Kier molecular flexibility index (Phi) is 12.0. The van der Waals surface area contributed by atoms with Gasteiger partial charge in [0.15, 0.2) is 0 Å². The Balaban J connectivity index is 1.89. The molecular formula is C30H34N4O2. The zero-order valence-electron chi connectivity index (χ0n) is 21.9. The number of rotatable bonds is 10. The van der Waals surface area contributed by atoms with Crippen LogP contribution in [0.4, 0.5) is 0 Å². The SMILES string of the molecule is CC(/C=C/c1ccccc1OCC#CC#CCOc1ccccc1/C=C/C(C)=N/N(C)C)=N\N(C)C. The van der Waals surface area contributed by atoms with Crippen LogP contribution in [-0.2, 0) is 0 Å². The molecule has 0 bridgehead atoms. The average molecular weight is 483 g/mol. The molecule has 2 rings (SSSR count). The molecule has 0 N–H and O–H groups in total. The molecule has 0 amide bonds. The van der Waals surface area contributed by atoms with Crippen LogP contribution in [0, 0.1) is 23.7 Å². The Hall–Kier alpha value is -4.42. The van der Waals surface area contributed by atoms with Crippen molar-refractivity contribution in [2.45, 2.75) is 13.8 Å². The summed E-state index contributed by atoms with van der Waals surface area (Å²) in [4.78, 5) is 0. The number of hydrogen-bond acceptors (Lipinski definition) is 6. The van der Waals surface area contributed by atoms with Gasteiger partial charge in [0.25, 0.3) is 0 Å². The molecule has 186 valence electrons. The number of benzene rings is 2. The van der Waals surface area contributed by atoms with Gasteiger partial charge in [-0.05, 0) is 74.0 Å². The molecule has 0 atom stereocenters. The van der Waals surface area contributed by atoms with E-state index in [-0.39, 0.29) is 13.2 Å². The Morgan fingerprint density at radius 2 is 1.08 bits per heavy atom. The summed E-state index contributed by atoms with van der Waals surface area (Å²) >= 11 is 0. The summed E-state index contributed by atoms with van der Waals surface area (Å²) in [7, 11) is 7.57. The van der Waals surface area contributed by atoms with E-state index in [1.54, 1.807) is 10.0 Å². The number of hydrazone groups is 2. The molecule has 2 aromatic carbocycles. The van der Waals surface area contributed by atoms with Crippen LogP contribution < -0.4 is 9.47 Å². The molecule has 0 saturated carbocycles. The lowest BCUT2D eigenvalue weighted by Crippen LogP contribution is -2.04. The van der Waals surface area contributed by atoms with Crippen LogP contribution in [0.25, 0.3) is 12.2 Å². The Morgan fingerprint density at radius 3 is 1.47 bits per heavy atom. The minimum absolute atomic E-state index is 0.243. The van der Waals surface area contributed by atoms with E-state index >= 15 is 0 Å². The third-order valence-electron chi connectivity index (χ3n) is 4.40. The molecule has 36 heavy (non-hydrogen) atoms. The molecule has 0 radical (unpaired) electrons. The highest BCUT2D eigenvalue weighted by molar-refractivity contribution is 5.97. The minimum Gasteiger partial charge on any atom is -0.480 e. The topological polar surface area (TPSA) is 49.7 Å². The number of ether oxygens (including phenoxy) is 2. The van der Waals surface area contributed by atoms with Crippen LogP contribution in [0.5, 0.6) is 11.5 Å². The molecule has 6 nitrogen and oxygen atoms in total. The van der Waals surface area contributed by atoms with Crippen molar-refractivity contribution < 1.29 is 9.47 Å². The first-order valence-electron chi connectivity index (χ1n) is 11.6. The second-order valence-corrected chi connectivity index (χ2v) is 8.10. The fraction of sp³-hybridized carbons (Fsp3) is 0.267. The maximum Gasteiger partial charge on any atom is 0.150 e. The van der Waals surface area contributed by atoms with Gasteiger partial charge in [-0.1, -0.05) is 36.4 Å². The number of para-hydroxylation sites is 2. The monoisotopic (exact) mass is 482 g/mol. The lowest BCUT2D eigenvalue weighted by Gasteiger charge is -2.07. The molecule has 0 aliphatic carbocycles. The van der Waals surface area contributed by atoms with E-state index in [4.69, 9.17) is 9.47 Å². The predicted octanol–water partition coefficient (Wildman–Crippen LogP) is 5.05. The fourth-order valence-corrected chi connectivity index (χ4v) is 3.01. The molecule has 0 saturated heterocycles. The van der Waals surface area contributed by atoms with Crippen molar-refractivity contribution >= 4 is 23.6 Å². The summed E-state index contributed by atoms with van der Waals surface area (Å²) in [5, 5.41) is 12.2. The largest absolute Gasteiger partial charge is 0.480 e. The van der Waals surface area contributed by atoms with Crippen LogP contribution >= 0.6 is 0 Å². The van der Waals surface area contributed by atoms with Crippen molar-refractivity contribution in [2.75, 3.05) is 41.4 Å². The molecular weight excluding hydrogens is 448 g/mol. The zero-order chi connectivity index (χ0) is 26.2. The minimum atomic E-state index is 0.243. The third kappa shape index (κ3) is 11.1. The molecule has 0 aromatic heterocycles. The Morgan fingerprint density at radius 1 is 0.694 bits per heavy atom. The standard InChI is InChI=1S/C30H34N4O2/c1-25(31-33(3)4)19-21-27-15-9-11-17-29(27)35-23-13-7-8-14-24-36-30-18-12-10-16-28(30)22-20-26(2)32-34(5)6/h9-12,15-22H,23-24H2,1-6H3/b21-19+,22-20+,31-25+,32-26+. The summed E-state index contributed by atoms with van der Waals surface area (Å²) in [6.07, 6.45) is 7.86. The van der Waals surface area contributed by atoms with E-state index < -0.39 is 0 Å².